The van der Waals surface area contributed by atoms with Gasteiger partial charge in [-0.25, -0.2) is 0 Å². The number of aryl methyl sites for hydroxylation is 4. The summed E-state index contributed by atoms with van der Waals surface area (Å²) >= 11 is 0. The lowest BCUT2D eigenvalue weighted by molar-refractivity contribution is 0.711. The summed E-state index contributed by atoms with van der Waals surface area (Å²) in [5.41, 5.74) is 8.01. The summed E-state index contributed by atoms with van der Waals surface area (Å²) in [6.07, 6.45) is 11.3. The van der Waals surface area contributed by atoms with E-state index in [1.54, 1.807) is 0 Å². The first-order valence-corrected chi connectivity index (χ1v) is 10.8. The molecule has 0 amide bonds. The van der Waals surface area contributed by atoms with Crippen molar-refractivity contribution in [3.8, 4) is 0 Å². The fourth-order valence-electron chi connectivity index (χ4n) is 4.81. The average Bonchev–Trinajstić information content (AvgIpc) is 3.33. The van der Waals surface area contributed by atoms with Crippen LogP contribution in [0.4, 0.5) is 0 Å². The standard InChI is InChI=1S/C28H24N2/c1-3-10-27-25(8-1)23-12-13-24-20-30(28-11-4-2-9-26(24)28)17-15-22-7-5-6-21(18-22)14-16-29(27)19-23/h1-13,18-20H,14-17H2/b13-12-. The minimum absolute atomic E-state index is 0.995. The van der Waals surface area contributed by atoms with Crippen LogP contribution in [0, 0.1) is 0 Å². The molecule has 0 radical (unpaired) electrons. The number of hydrogen-bond donors (Lipinski definition) is 0. The van der Waals surface area contributed by atoms with E-state index in [4.69, 9.17) is 0 Å². The molecule has 6 bridgehead atoms. The highest BCUT2D eigenvalue weighted by Gasteiger charge is 2.10. The number of benzene rings is 3. The zero-order valence-corrected chi connectivity index (χ0v) is 17.0. The van der Waals surface area contributed by atoms with Gasteiger partial charge in [0.15, 0.2) is 0 Å². The second-order valence-electron chi connectivity index (χ2n) is 8.24. The van der Waals surface area contributed by atoms with Gasteiger partial charge in [-0.1, -0.05) is 72.8 Å². The molecule has 0 unspecified atom stereocenters. The molecule has 30 heavy (non-hydrogen) atoms. The predicted octanol–water partition coefficient (Wildman–Crippen LogP) is 6.57. The number of nitrogens with zero attached hydrogens (tertiary/aromatic N) is 2. The van der Waals surface area contributed by atoms with Crippen LogP contribution in [0.1, 0.15) is 22.3 Å². The fraction of sp³-hybridized carbons (Fsp3) is 0.143. The summed E-state index contributed by atoms with van der Waals surface area (Å²) in [4.78, 5) is 0. The Bertz CT molecular complexity index is 1290. The van der Waals surface area contributed by atoms with E-state index in [0.29, 0.717) is 0 Å². The lowest BCUT2D eigenvalue weighted by Crippen LogP contribution is -2.02. The van der Waals surface area contributed by atoms with Gasteiger partial charge in [0.25, 0.3) is 0 Å². The minimum atomic E-state index is 0.995. The summed E-state index contributed by atoms with van der Waals surface area (Å²) in [5, 5.41) is 2.64. The fourth-order valence-corrected chi connectivity index (χ4v) is 4.81. The van der Waals surface area contributed by atoms with Crippen molar-refractivity contribution in [2.45, 2.75) is 25.9 Å². The van der Waals surface area contributed by atoms with Gasteiger partial charge in [0.05, 0.1) is 0 Å². The van der Waals surface area contributed by atoms with Gasteiger partial charge in [-0.3, -0.25) is 0 Å². The van der Waals surface area contributed by atoms with Crippen molar-refractivity contribution in [3.05, 3.63) is 107 Å². The smallest absolute Gasteiger partial charge is 0.0486 e. The molecule has 3 heterocycles. The van der Waals surface area contributed by atoms with Crippen LogP contribution in [0.3, 0.4) is 0 Å². The first-order valence-electron chi connectivity index (χ1n) is 10.8. The van der Waals surface area contributed by atoms with E-state index in [0.717, 1.165) is 25.9 Å². The second kappa shape index (κ2) is 7.07. The molecule has 1 aliphatic rings. The van der Waals surface area contributed by atoms with Gasteiger partial charge in [-0.15, -0.1) is 0 Å². The van der Waals surface area contributed by atoms with Crippen LogP contribution in [0.5, 0.6) is 0 Å². The van der Waals surface area contributed by atoms with Crippen LogP contribution in [0.2, 0.25) is 0 Å². The van der Waals surface area contributed by atoms with E-state index in [-0.39, 0.29) is 0 Å². The van der Waals surface area contributed by atoms with Gasteiger partial charge < -0.3 is 9.13 Å². The number of hydrogen-bond acceptors (Lipinski definition) is 0. The normalized spacial score (nSPS) is 15.1. The zero-order chi connectivity index (χ0) is 19.9. The molecule has 1 aliphatic heterocycles. The number of para-hydroxylation sites is 2. The van der Waals surface area contributed by atoms with Crippen LogP contribution in [0.15, 0.2) is 85.2 Å². The Balaban J connectivity index is 1.56. The van der Waals surface area contributed by atoms with Crippen molar-refractivity contribution in [2.75, 3.05) is 0 Å². The molecule has 0 spiro atoms. The van der Waals surface area contributed by atoms with Crippen molar-refractivity contribution < 1.29 is 0 Å². The Morgan fingerprint density at radius 1 is 0.533 bits per heavy atom. The molecule has 0 saturated heterocycles. The Hall–Kier alpha value is -3.52. The summed E-state index contributed by atoms with van der Waals surface area (Å²) in [6.45, 7) is 1.99. The quantitative estimate of drug-likeness (QED) is 0.284. The maximum Gasteiger partial charge on any atom is 0.0486 e. The van der Waals surface area contributed by atoms with Gasteiger partial charge in [-0.05, 0) is 47.2 Å². The molecule has 0 N–H and O–H groups in total. The monoisotopic (exact) mass is 388 g/mol. The SMILES string of the molecule is C1=C\c2cn(c3ccccc23)CCc2cccc(c2)CCn2cc/1c1ccccc12. The average molecular weight is 389 g/mol. The van der Waals surface area contributed by atoms with E-state index in [2.05, 4.69) is 106 Å². The van der Waals surface area contributed by atoms with Gasteiger partial charge in [0, 0.05) is 47.3 Å². The molecular weight excluding hydrogens is 364 g/mol. The van der Waals surface area contributed by atoms with E-state index in [1.807, 2.05) is 0 Å². The largest absolute Gasteiger partial charge is 0.347 e. The third-order valence-corrected chi connectivity index (χ3v) is 6.36. The number of fused-ring (bicyclic) bond motifs is 12. The Morgan fingerprint density at radius 3 is 1.57 bits per heavy atom. The molecule has 5 aromatic rings. The summed E-state index contributed by atoms with van der Waals surface area (Å²) < 4.78 is 4.81. The number of aromatic nitrogens is 2. The molecule has 2 heteroatoms. The van der Waals surface area contributed by atoms with Crippen molar-refractivity contribution in [3.63, 3.8) is 0 Å². The van der Waals surface area contributed by atoms with Crippen molar-refractivity contribution in [1.29, 1.82) is 0 Å². The maximum atomic E-state index is 2.41. The van der Waals surface area contributed by atoms with Crippen molar-refractivity contribution >= 4 is 34.0 Å². The summed E-state index contributed by atoms with van der Waals surface area (Å²) in [6, 6.07) is 26.6. The van der Waals surface area contributed by atoms with Crippen LogP contribution in [-0.4, -0.2) is 9.13 Å². The van der Waals surface area contributed by atoms with Gasteiger partial charge in [0.1, 0.15) is 0 Å². The van der Waals surface area contributed by atoms with Crippen LogP contribution in [-0.2, 0) is 25.9 Å². The molecular formula is C28H24N2. The third kappa shape index (κ3) is 2.96. The molecule has 0 fully saturated rings. The molecule has 6 rings (SSSR count). The first kappa shape index (κ1) is 17.3. The van der Waals surface area contributed by atoms with Gasteiger partial charge in [0.2, 0.25) is 0 Å². The summed E-state index contributed by atoms with van der Waals surface area (Å²) in [7, 11) is 0. The molecule has 0 atom stereocenters. The van der Waals surface area contributed by atoms with Crippen LogP contribution < -0.4 is 0 Å². The van der Waals surface area contributed by atoms with Crippen LogP contribution in [0.25, 0.3) is 34.0 Å². The highest BCUT2D eigenvalue weighted by Crippen LogP contribution is 2.27. The lowest BCUT2D eigenvalue weighted by Gasteiger charge is -2.09. The molecule has 0 saturated carbocycles. The Labute approximate surface area is 176 Å². The third-order valence-electron chi connectivity index (χ3n) is 6.36. The number of rotatable bonds is 0. The molecule has 3 aromatic carbocycles. The highest BCUT2D eigenvalue weighted by atomic mass is 15.0. The Kier molecular flexibility index (Phi) is 4.09. The maximum absolute atomic E-state index is 2.41. The van der Waals surface area contributed by atoms with Gasteiger partial charge >= 0.3 is 0 Å². The lowest BCUT2D eigenvalue weighted by atomic mass is 10.1. The van der Waals surface area contributed by atoms with Crippen molar-refractivity contribution in [1.82, 2.24) is 9.13 Å². The van der Waals surface area contributed by atoms with E-state index >= 15 is 0 Å². The highest BCUT2D eigenvalue weighted by molar-refractivity contribution is 5.96. The molecule has 2 aromatic heterocycles. The predicted molar refractivity (Wildman–Crippen MR) is 127 cm³/mol. The van der Waals surface area contributed by atoms with E-state index in [1.165, 1.54) is 44.1 Å². The van der Waals surface area contributed by atoms with Crippen molar-refractivity contribution in [2.24, 2.45) is 0 Å². The topological polar surface area (TPSA) is 9.86 Å². The first-order chi connectivity index (χ1) is 14.8. The molecule has 146 valence electrons. The van der Waals surface area contributed by atoms with E-state index in [9.17, 15) is 0 Å². The Morgan fingerprint density at radius 2 is 1.03 bits per heavy atom. The zero-order valence-electron chi connectivity index (χ0n) is 17.0. The van der Waals surface area contributed by atoms with Crippen LogP contribution >= 0.6 is 0 Å². The molecule has 0 aliphatic carbocycles. The van der Waals surface area contributed by atoms with Gasteiger partial charge in [-0.2, -0.15) is 0 Å². The second-order valence-corrected chi connectivity index (χ2v) is 8.24. The van der Waals surface area contributed by atoms with E-state index < -0.39 is 0 Å². The summed E-state index contributed by atoms with van der Waals surface area (Å²) in [5.74, 6) is 0. The molecule has 2 nitrogen and oxygen atoms in total. The minimum Gasteiger partial charge on any atom is -0.347 e.